The number of carboxylic acids is 1. The number of methoxy groups -OCH3 is 1. The van der Waals surface area contributed by atoms with Crippen molar-refractivity contribution in [1.82, 2.24) is 9.21 Å². The highest BCUT2D eigenvalue weighted by Gasteiger charge is 2.48. The molecule has 2 saturated heterocycles. The molecule has 1 N–H and O–H groups in total. The van der Waals surface area contributed by atoms with Crippen LogP contribution in [0.2, 0.25) is 0 Å². The summed E-state index contributed by atoms with van der Waals surface area (Å²) in [6.45, 7) is 4.80. The monoisotopic (exact) mass is 456 g/mol. The van der Waals surface area contributed by atoms with E-state index in [-0.39, 0.29) is 23.0 Å². The lowest BCUT2D eigenvalue weighted by Gasteiger charge is -2.40. The first-order chi connectivity index (χ1) is 13.9. The quantitative estimate of drug-likeness (QED) is 0.699. The molecule has 3 atom stereocenters. The highest BCUT2D eigenvalue weighted by atomic mass is 32.2. The second-order valence-corrected chi connectivity index (χ2v) is 8.85. The standard InChI is InChI=1S/C16H23FN2O3S.C2HF3O2/c1-3-18-10-12-14(11-18)19(9-8-15(12)22-2)23(20,21)16-7-5-4-6-13(16)17;3-2(4,5)1(6)7/h4-7,12,14-15H,3,8-11H2,1-2H3;(H,6,7)/t12-,14+,15-;/m0./s1. The molecule has 3 rings (SSSR count). The normalized spacial score (nSPS) is 25.3. The molecule has 0 aliphatic carbocycles. The van der Waals surface area contributed by atoms with Gasteiger partial charge in [-0.05, 0) is 25.1 Å². The third-order valence-electron chi connectivity index (χ3n) is 5.31. The van der Waals surface area contributed by atoms with E-state index < -0.39 is 28.0 Å². The number of carbonyl (C=O) groups is 1. The third-order valence-corrected chi connectivity index (χ3v) is 7.26. The summed E-state index contributed by atoms with van der Waals surface area (Å²) in [6, 6.07) is 5.44. The van der Waals surface area contributed by atoms with Gasteiger partial charge < -0.3 is 14.7 Å². The van der Waals surface area contributed by atoms with Crippen molar-refractivity contribution in [2.24, 2.45) is 5.92 Å². The van der Waals surface area contributed by atoms with Gasteiger partial charge in [0.15, 0.2) is 0 Å². The number of piperidine rings is 1. The van der Waals surface area contributed by atoms with Crippen LogP contribution in [0, 0.1) is 11.7 Å². The SMILES string of the molecule is CCN1C[C@@H]2[C@@H](OC)CCN(S(=O)(=O)c3ccccc3F)[C@@H]2C1.O=C(O)C(F)(F)F. The van der Waals surface area contributed by atoms with E-state index in [0.29, 0.717) is 19.5 Å². The minimum atomic E-state index is -5.08. The van der Waals surface area contributed by atoms with Gasteiger partial charge in [-0.3, -0.25) is 0 Å². The molecule has 0 radical (unpaired) electrons. The van der Waals surface area contributed by atoms with Gasteiger partial charge in [-0.25, -0.2) is 17.6 Å². The second kappa shape index (κ2) is 9.58. The van der Waals surface area contributed by atoms with Crippen LogP contribution in [0.1, 0.15) is 13.3 Å². The van der Waals surface area contributed by atoms with E-state index in [9.17, 15) is 26.0 Å². The van der Waals surface area contributed by atoms with Crippen molar-refractivity contribution >= 4 is 16.0 Å². The first kappa shape index (κ1) is 24.5. The van der Waals surface area contributed by atoms with E-state index in [1.807, 2.05) is 0 Å². The van der Waals surface area contributed by atoms with Crippen LogP contribution >= 0.6 is 0 Å². The minimum absolute atomic E-state index is 0.0589. The first-order valence-corrected chi connectivity index (χ1v) is 10.7. The average Bonchev–Trinajstić information content (AvgIpc) is 3.11. The van der Waals surface area contributed by atoms with Gasteiger partial charge in [0.25, 0.3) is 0 Å². The molecule has 0 aromatic heterocycles. The van der Waals surface area contributed by atoms with E-state index >= 15 is 0 Å². The number of likely N-dealkylation sites (tertiary alicyclic amines) is 1. The Kier molecular flexibility index (Phi) is 7.83. The number of nitrogens with zero attached hydrogens (tertiary/aromatic N) is 2. The number of hydrogen-bond donors (Lipinski definition) is 1. The summed E-state index contributed by atoms with van der Waals surface area (Å²) in [5.41, 5.74) is 0. The first-order valence-electron chi connectivity index (χ1n) is 9.25. The zero-order valence-electron chi connectivity index (χ0n) is 16.5. The average molecular weight is 456 g/mol. The number of ether oxygens (including phenoxy) is 1. The van der Waals surface area contributed by atoms with Gasteiger partial charge in [0.2, 0.25) is 10.0 Å². The molecule has 2 heterocycles. The van der Waals surface area contributed by atoms with Crippen LogP contribution < -0.4 is 0 Å². The predicted molar refractivity (Wildman–Crippen MR) is 98.8 cm³/mol. The molecule has 0 unspecified atom stereocenters. The molecule has 0 spiro atoms. The van der Waals surface area contributed by atoms with Crippen molar-refractivity contribution in [2.45, 2.75) is 36.6 Å². The van der Waals surface area contributed by atoms with Gasteiger partial charge in [-0.2, -0.15) is 17.5 Å². The number of sulfonamides is 1. The minimum Gasteiger partial charge on any atom is -0.475 e. The number of aliphatic carboxylic acids is 1. The summed E-state index contributed by atoms with van der Waals surface area (Å²) in [5, 5.41) is 7.12. The Hall–Kier alpha value is -1.76. The Morgan fingerprint density at radius 2 is 1.87 bits per heavy atom. The largest absolute Gasteiger partial charge is 0.490 e. The molecule has 30 heavy (non-hydrogen) atoms. The Morgan fingerprint density at radius 1 is 1.27 bits per heavy atom. The molecule has 2 fully saturated rings. The van der Waals surface area contributed by atoms with E-state index in [4.69, 9.17) is 14.6 Å². The highest BCUT2D eigenvalue weighted by Crippen LogP contribution is 2.36. The molecule has 1 aromatic rings. The fourth-order valence-electron chi connectivity index (χ4n) is 3.83. The molecule has 2 aliphatic rings. The molecule has 0 saturated carbocycles. The second-order valence-electron chi connectivity index (χ2n) is 7.00. The molecular formula is C18H24F4N2O5S. The molecule has 170 valence electrons. The smallest absolute Gasteiger partial charge is 0.475 e. The van der Waals surface area contributed by atoms with Crippen molar-refractivity contribution in [2.75, 3.05) is 33.3 Å². The van der Waals surface area contributed by atoms with Gasteiger partial charge in [0.1, 0.15) is 10.7 Å². The van der Waals surface area contributed by atoms with Crippen LogP contribution in [0.25, 0.3) is 0 Å². The van der Waals surface area contributed by atoms with Crippen molar-refractivity contribution in [3.05, 3.63) is 30.1 Å². The number of halogens is 4. The number of carboxylic acid groups (broad SMARTS) is 1. The maximum absolute atomic E-state index is 14.0. The van der Waals surface area contributed by atoms with Gasteiger partial charge in [0.05, 0.1) is 6.10 Å². The van der Waals surface area contributed by atoms with Crippen LogP contribution in [-0.4, -0.2) is 80.3 Å². The van der Waals surface area contributed by atoms with Crippen molar-refractivity contribution in [3.63, 3.8) is 0 Å². The topological polar surface area (TPSA) is 87.2 Å². The van der Waals surface area contributed by atoms with Crippen LogP contribution in [0.4, 0.5) is 17.6 Å². The number of likely N-dealkylation sites (N-methyl/N-ethyl adjacent to an activating group) is 1. The maximum atomic E-state index is 14.0. The van der Waals surface area contributed by atoms with Crippen LogP contribution in [0.5, 0.6) is 0 Å². The molecular weight excluding hydrogens is 432 g/mol. The summed E-state index contributed by atoms with van der Waals surface area (Å²) in [5.74, 6) is -3.31. The van der Waals surface area contributed by atoms with Crippen LogP contribution in [-0.2, 0) is 19.6 Å². The third kappa shape index (κ3) is 5.29. The molecule has 0 bridgehead atoms. The van der Waals surface area contributed by atoms with Crippen LogP contribution in [0.3, 0.4) is 0 Å². The lowest BCUT2D eigenvalue weighted by molar-refractivity contribution is -0.192. The summed E-state index contributed by atoms with van der Waals surface area (Å²) >= 11 is 0. The molecule has 0 amide bonds. The number of fused-ring (bicyclic) bond motifs is 1. The zero-order chi connectivity index (χ0) is 22.7. The van der Waals surface area contributed by atoms with Crippen molar-refractivity contribution in [3.8, 4) is 0 Å². The van der Waals surface area contributed by atoms with Gasteiger partial charge in [-0.15, -0.1) is 0 Å². The number of rotatable bonds is 4. The highest BCUT2D eigenvalue weighted by molar-refractivity contribution is 7.89. The van der Waals surface area contributed by atoms with E-state index in [2.05, 4.69) is 11.8 Å². The maximum Gasteiger partial charge on any atom is 0.490 e. The Labute approximate surface area is 172 Å². The summed E-state index contributed by atoms with van der Waals surface area (Å²) in [6.07, 6.45) is -4.38. The van der Waals surface area contributed by atoms with E-state index in [0.717, 1.165) is 13.1 Å². The Balaban J connectivity index is 0.000000396. The zero-order valence-corrected chi connectivity index (χ0v) is 17.3. The predicted octanol–water partition coefficient (Wildman–Crippen LogP) is 2.19. The molecule has 7 nitrogen and oxygen atoms in total. The summed E-state index contributed by atoms with van der Waals surface area (Å²) < 4.78 is 78.8. The molecule has 2 aliphatic heterocycles. The lowest BCUT2D eigenvalue weighted by atomic mass is 9.91. The summed E-state index contributed by atoms with van der Waals surface area (Å²) in [4.78, 5) is 10.9. The van der Waals surface area contributed by atoms with Crippen LogP contribution in [0.15, 0.2) is 29.2 Å². The van der Waals surface area contributed by atoms with Gasteiger partial charge >= 0.3 is 12.1 Å². The lowest BCUT2D eigenvalue weighted by Crippen LogP contribution is -2.53. The Morgan fingerprint density at radius 3 is 2.37 bits per heavy atom. The molecule has 1 aromatic carbocycles. The van der Waals surface area contributed by atoms with E-state index in [1.54, 1.807) is 13.2 Å². The Bertz CT molecular complexity index is 849. The number of benzene rings is 1. The number of hydrogen-bond acceptors (Lipinski definition) is 5. The fraction of sp³-hybridized carbons (Fsp3) is 0.611. The van der Waals surface area contributed by atoms with Gasteiger partial charge in [0, 0.05) is 38.7 Å². The van der Waals surface area contributed by atoms with Gasteiger partial charge in [-0.1, -0.05) is 19.1 Å². The van der Waals surface area contributed by atoms with Crippen molar-refractivity contribution in [1.29, 1.82) is 0 Å². The number of alkyl halides is 3. The van der Waals surface area contributed by atoms with E-state index in [1.165, 1.54) is 22.5 Å². The fourth-order valence-corrected chi connectivity index (χ4v) is 5.57. The molecule has 12 heteroatoms. The summed E-state index contributed by atoms with van der Waals surface area (Å²) in [7, 11) is -2.16. The van der Waals surface area contributed by atoms with Crippen molar-refractivity contribution < 1.29 is 40.6 Å².